The zero-order valence-corrected chi connectivity index (χ0v) is 14.0. The highest BCUT2D eigenvalue weighted by atomic mass is 35.5. The highest BCUT2D eigenvalue weighted by Crippen LogP contribution is 2.31. The lowest BCUT2D eigenvalue weighted by atomic mass is 9.78. The number of rotatable bonds is 5. The molecule has 1 aromatic carbocycles. The third-order valence-electron chi connectivity index (χ3n) is 4.53. The molecule has 1 saturated carbocycles. The molecular weight excluding hydrogens is 320 g/mol. The number of nitrogens with one attached hydrogen (secondary N) is 1. The van der Waals surface area contributed by atoms with Gasteiger partial charge in [-0.2, -0.15) is 0 Å². The Morgan fingerprint density at radius 1 is 1.43 bits per heavy atom. The van der Waals surface area contributed by atoms with Crippen LogP contribution in [0.2, 0.25) is 5.02 Å². The first-order valence-electron chi connectivity index (χ1n) is 7.74. The molecule has 1 amide bonds. The van der Waals surface area contributed by atoms with Gasteiger partial charge in [0.15, 0.2) is 12.4 Å². The van der Waals surface area contributed by atoms with Crippen molar-refractivity contribution in [2.75, 3.05) is 6.61 Å². The van der Waals surface area contributed by atoms with E-state index in [1.54, 1.807) is 0 Å². The number of nitro groups is 1. The van der Waals surface area contributed by atoms with Gasteiger partial charge in [-0.25, -0.2) is 0 Å². The summed E-state index contributed by atoms with van der Waals surface area (Å²) < 4.78 is 5.31. The van der Waals surface area contributed by atoms with Crippen molar-refractivity contribution in [3.63, 3.8) is 0 Å². The Morgan fingerprint density at radius 2 is 2.17 bits per heavy atom. The molecule has 23 heavy (non-hydrogen) atoms. The molecule has 0 bridgehead atoms. The van der Waals surface area contributed by atoms with Crippen LogP contribution in [-0.4, -0.2) is 23.5 Å². The second-order valence-electron chi connectivity index (χ2n) is 6.10. The number of benzene rings is 1. The molecule has 7 heteroatoms. The summed E-state index contributed by atoms with van der Waals surface area (Å²) in [6.07, 6.45) is 3.24. The number of ether oxygens (including phenoxy) is 1. The Hall–Kier alpha value is -1.82. The first kappa shape index (κ1) is 17.5. The maximum absolute atomic E-state index is 12.1. The lowest BCUT2D eigenvalue weighted by Crippen LogP contribution is -2.45. The molecule has 1 aliphatic rings. The molecule has 1 aromatic rings. The molecule has 0 radical (unpaired) electrons. The van der Waals surface area contributed by atoms with Gasteiger partial charge in [-0.3, -0.25) is 14.9 Å². The van der Waals surface area contributed by atoms with Crippen LogP contribution >= 0.6 is 11.6 Å². The van der Waals surface area contributed by atoms with Crippen LogP contribution in [-0.2, 0) is 4.79 Å². The average molecular weight is 341 g/mol. The fourth-order valence-corrected chi connectivity index (χ4v) is 3.10. The standard InChI is InChI=1S/C16H21ClN2O4/c1-10-4-3-5-13(11(10)2)18-16(20)9-23-15-7-6-12(17)8-14(15)19(21)22/h6-8,10-11,13H,3-5,9H2,1-2H3,(H,18,20)/t10-,11-,13+/m1/s1. The topological polar surface area (TPSA) is 81.5 Å². The van der Waals surface area contributed by atoms with Crippen molar-refractivity contribution in [3.05, 3.63) is 33.3 Å². The molecule has 1 N–H and O–H groups in total. The van der Waals surface area contributed by atoms with E-state index in [-0.39, 0.29) is 35.0 Å². The lowest BCUT2D eigenvalue weighted by molar-refractivity contribution is -0.385. The van der Waals surface area contributed by atoms with Gasteiger partial charge in [-0.05, 0) is 30.4 Å². The molecule has 0 aromatic heterocycles. The maximum Gasteiger partial charge on any atom is 0.312 e. The van der Waals surface area contributed by atoms with E-state index in [4.69, 9.17) is 16.3 Å². The van der Waals surface area contributed by atoms with Crippen LogP contribution in [0.25, 0.3) is 0 Å². The van der Waals surface area contributed by atoms with Gasteiger partial charge in [0.25, 0.3) is 5.91 Å². The monoisotopic (exact) mass is 340 g/mol. The number of hydrogen-bond acceptors (Lipinski definition) is 4. The Labute approximate surface area is 140 Å². The first-order valence-corrected chi connectivity index (χ1v) is 8.12. The van der Waals surface area contributed by atoms with Crippen molar-refractivity contribution >= 4 is 23.2 Å². The molecule has 2 rings (SSSR count). The van der Waals surface area contributed by atoms with Crippen molar-refractivity contribution < 1.29 is 14.5 Å². The Balaban J connectivity index is 1.93. The van der Waals surface area contributed by atoms with Crippen molar-refractivity contribution in [1.29, 1.82) is 0 Å². The summed E-state index contributed by atoms with van der Waals surface area (Å²) in [6, 6.07) is 4.24. The van der Waals surface area contributed by atoms with Gasteiger partial charge in [-0.15, -0.1) is 0 Å². The van der Waals surface area contributed by atoms with E-state index in [2.05, 4.69) is 19.2 Å². The van der Waals surface area contributed by atoms with Crippen LogP contribution < -0.4 is 10.1 Å². The summed E-state index contributed by atoms with van der Waals surface area (Å²) in [7, 11) is 0. The number of amides is 1. The van der Waals surface area contributed by atoms with E-state index < -0.39 is 4.92 Å². The summed E-state index contributed by atoms with van der Waals surface area (Å²) in [5.41, 5.74) is -0.245. The van der Waals surface area contributed by atoms with Crippen LogP contribution in [0.5, 0.6) is 5.75 Å². The molecule has 126 valence electrons. The van der Waals surface area contributed by atoms with Gasteiger partial charge in [-0.1, -0.05) is 38.3 Å². The molecule has 0 aliphatic heterocycles. The molecule has 1 fully saturated rings. The minimum Gasteiger partial charge on any atom is -0.477 e. The van der Waals surface area contributed by atoms with Gasteiger partial charge in [0.05, 0.1) is 4.92 Å². The normalized spacial score (nSPS) is 24.0. The predicted octanol–water partition coefficient (Wildman–Crippen LogP) is 3.57. The van der Waals surface area contributed by atoms with Gasteiger partial charge in [0, 0.05) is 17.1 Å². The first-order chi connectivity index (χ1) is 10.9. The van der Waals surface area contributed by atoms with Gasteiger partial charge < -0.3 is 10.1 Å². The van der Waals surface area contributed by atoms with Crippen molar-refractivity contribution in [2.24, 2.45) is 11.8 Å². The van der Waals surface area contributed by atoms with Gasteiger partial charge in [0.1, 0.15) is 0 Å². The summed E-state index contributed by atoms with van der Waals surface area (Å²) in [5, 5.41) is 14.2. The third kappa shape index (κ3) is 4.58. The summed E-state index contributed by atoms with van der Waals surface area (Å²) in [5.74, 6) is 0.768. The molecule has 0 unspecified atom stereocenters. The smallest absolute Gasteiger partial charge is 0.312 e. The predicted molar refractivity (Wildman–Crippen MR) is 87.7 cm³/mol. The average Bonchev–Trinajstić information content (AvgIpc) is 2.50. The SMILES string of the molecule is C[C@@H]1[C@H](C)CCC[C@@H]1NC(=O)COc1ccc(Cl)cc1[N+](=O)[O-]. The van der Waals surface area contributed by atoms with Crippen molar-refractivity contribution in [3.8, 4) is 5.75 Å². The lowest BCUT2D eigenvalue weighted by Gasteiger charge is -2.34. The summed E-state index contributed by atoms with van der Waals surface area (Å²) in [4.78, 5) is 22.5. The fourth-order valence-electron chi connectivity index (χ4n) is 2.93. The zero-order valence-electron chi connectivity index (χ0n) is 13.3. The number of hydrogen-bond donors (Lipinski definition) is 1. The second-order valence-corrected chi connectivity index (χ2v) is 6.54. The molecule has 3 atom stereocenters. The van der Waals surface area contributed by atoms with E-state index in [1.165, 1.54) is 24.6 Å². The van der Waals surface area contributed by atoms with Gasteiger partial charge >= 0.3 is 5.69 Å². The summed E-state index contributed by atoms with van der Waals surface area (Å²) in [6.45, 7) is 4.08. The highest BCUT2D eigenvalue weighted by Gasteiger charge is 2.28. The number of carbonyl (C=O) groups is 1. The molecular formula is C16H21ClN2O4. The van der Waals surface area contributed by atoms with E-state index in [0.29, 0.717) is 11.8 Å². The Morgan fingerprint density at radius 3 is 2.87 bits per heavy atom. The number of halogens is 1. The minimum atomic E-state index is -0.579. The fraction of sp³-hybridized carbons (Fsp3) is 0.562. The maximum atomic E-state index is 12.1. The molecule has 0 saturated heterocycles. The van der Waals surface area contributed by atoms with Crippen LogP contribution in [0.15, 0.2) is 18.2 Å². The second kappa shape index (κ2) is 7.64. The minimum absolute atomic E-state index is 0.0413. The van der Waals surface area contributed by atoms with E-state index in [1.807, 2.05) is 0 Å². The largest absolute Gasteiger partial charge is 0.477 e. The van der Waals surface area contributed by atoms with Crippen LogP contribution in [0, 0.1) is 22.0 Å². The Bertz CT molecular complexity index is 593. The quantitative estimate of drug-likeness (QED) is 0.656. The van der Waals surface area contributed by atoms with Crippen molar-refractivity contribution in [1.82, 2.24) is 5.32 Å². The number of carbonyl (C=O) groups excluding carboxylic acids is 1. The molecule has 1 aliphatic carbocycles. The zero-order chi connectivity index (χ0) is 17.0. The molecule has 0 heterocycles. The Kier molecular flexibility index (Phi) is 5.82. The third-order valence-corrected chi connectivity index (χ3v) is 4.76. The van der Waals surface area contributed by atoms with Crippen LogP contribution in [0.1, 0.15) is 33.1 Å². The van der Waals surface area contributed by atoms with Crippen LogP contribution in [0.4, 0.5) is 5.69 Å². The summed E-state index contributed by atoms with van der Waals surface area (Å²) >= 11 is 5.74. The van der Waals surface area contributed by atoms with Crippen molar-refractivity contribution in [2.45, 2.75) is 39.2 Å². The molecule has 0 spiro atoms. The van der Waals surface area contributed by atoms with Gasteiger partial charge in [0.2, 0.25) is 0 Å². The van der Waals surface area contributed by atoms with E-state index in [0.717, 1.165) is 12.8 Å². The number of nitrogens with zero attached hydrogens (tertiary/aromatic N) is 1. The van der Waals surface area contributed by atoms with Crippen LogP contribution in [0.3, 0.4) is 0 Å². The number of nitro benzene ring substituents is 1. The molecule has 6 nitrogen and oxygen atoms in total. The van der Waals surface area contributed by atoms with E-state index >= 15 is 0 Å². The highest BCUT2D eigenvalue weighted by molar-refractivity contribution is 6.30. The van der Waals surface area contributed by atoms with E-state index in [9.17, 15) is 14.9 Å².